The fraction of sp³-hybridized carbons (Fsp3) is 0.600. The van der Waals surface area contributed by atoms with Crippen molar-refractivity contribution in [3.05, 3.63) is 35.6 Å². The highest BCUT2D eigenvalue weighted by molar-refractivity contribution is 5.23. The Morgan fingerprint density at radius 3 is 2.44 bits per heavy atom. The summed E-state index contributed by atoms with van der Waals surface area (Å²) in [5.74, 6) is 0.460. The third kappa shape index (κ3) is 3.53. The van der Waals surface area contributed by atoms with E-state index in [1.807, 2.05) is 12.1 Å². The van der Waals surface area contributed by atoms with E-state index < -0.39 is 0 Å². The van der Waals surface area contributed by atoms with Gasteiger partial charge in [0.25, 0.3) is 0 Å². The van der Waals surface area contributed by atoms with Crippen LogP contribution in [0.4, 0.5) is 4.39 Å². The number of nitrogens with zero attached hydrogens (tertiary/aromatic N) is 1. The summed E-state index contributed by atoms with van der Waals surface area (Å²) in [5, 5.41) is 3.64. The average Bonchev–Trinajstić information content (AvgIpc) is 2.23. The van der Waals surface area contributed by atoms with Crippen LogP contribution < -0.4 is 5.32 Å². The van der Waals surface area contributed by atoms with Gasteiger partial charge < -0.3 is 10.2 Å². The molecule has 0 bridgehead atoms. The van der Waals surface area contributed by atoms with Crippen LogP contribution in [0.5, 0.6) is 0 Å². The molecule has 1 atom stereocenters. The van der Waals surface area contributed by atoms with Crippen molar-refractivity contribution < 1.29 is 4.39 Å². The van der Waals surface area contributed by atoms with E-state index in [0.717, 1.165) is 6.54 Å². The summed E-state index contributed by atoms with van der Waals surface area (Å²) in [4.78, 5) is 2.20. The first-order chi connectivity index (χ1) is 8.54. The Hall–Kier alpha value is -0.930. The summed E-state index contributed by atoms with van der Waals surface area (Å²) in [6.45, 7) is 3.29. The summed E-state index contributed by atoms with van der Waals surface area (Å²) < 4.78 is 12.8. The maximum absolute atomic E-state index is 12.8. The zero-order valence-electron chi connectivity index (χ0n) is 11.5. The molecule has 1 aliphatic rings. The second-order valence-corrected chi connectivity index (χ2v) is 5.75. The SMILES string of the molecule is CC(CN(C)C)NC1CC(c2ccc(F)cc2)C1. The van der Waals surface area contributed by atoms with Gasteiger partial charge in [0, 0.05) is 18.6 Å². The monoisotopic (exact) mass is 250 g/mol. The van der Waals surface area contributed by atoms with Gasteiger partial charge in [-0.25, -0.2) is 4.39 Å². The molecule has 1 aliphatic carbocycles. The summed E-state index contributed by atoms with van der Waals surface area (Å²) in [6.07, 6.45) is 2.34. The minimum Gasteiger partial charge on any atom is -0.310 e. The summed E-state index contributed by atoms with van der Waals surface area (Å²) in [5.41, 5.74) is 1.27. The number of halogens is 1. The summed E-state index contributed by atoms with van der Waals surface area (Å²) >= 11 is 0. The number of likely N-dealkylation sites (N-methyl/N-ethyl adjacent to an activating group) is 1. The van der Waals surface area contributed by atoms with Crippen LogP contribution in [0.15, 0.2) is 24.3 Å². The maximum atomic E-state index is 12.8. The van der Waals surface area contributed by atoms with E-state index in [1.54, 1.807) is 12.1 Å². The van der Waals surface area contributed by atoms with E-state index in [4.69, 9.17) is 0 Å². The standard InChI is InChI=1S/C15H23FN2/c1-11(10-18(2)3)17-15-8-13(9-15)12-4-6-14(16)7-5-12/h4-7,11,13,15,17H,8-10H2,1-3H3. The molecule has 100 valence electrons. The van der Waals surface area contributed by atoms with Gasteiger partial charge in [-0.1, -0.05) is 12.1 Å². The van der Waals surface area contributed by atoms with Gasteiger partial charge in [0.1, 0.15) is 5.82 Å². The van der Waals surface area contributed by atoms with Crippen molar-refractivity contribution in [1.82, 2.24) is 10.2 Å². The van der Waals surface area contributed by atoms with Crippen molar-refractivity contribution in [2.75, 3.05) is 20.6 Å². The fourth-order valence-electron chi connectivity index (χ4n) is 2.76. The van der Waals surface area contributed by atoms with Crippen molar-refractivity contribution in [3.63, 3.8) is 0 Å². The molecule has 1 aromatic carbocycles. The summed E-state index contributed by atoms with van der Waals surface area (Å²) in [6, 6.07) is 8.10. The zero-order chi connectivity index (χ0) is 13.1. The van der Waals surface area contributed by atoms with Gasteiger partial charge in [0.05, 0.1) is 0 Å². The lowest BCUT2D eigenvalue weighted by molar-refractivity contribution is 0.245. The molecule has 0 radical (unpaired) electrons. The molecule has 0 spiro atoms. The van der Waals surface area contributed by atoms with Gasteiger partial charge in [-0.15, -0.1) is 0 Å². The Morgan fingerprint density at radius 2 is 1.89 bits per heavy atom. The van der Waals surface area contributed by atoms with E-state index in [0.29, 0.717) is 18.0 Å². The molecule has 0 amide bonds. The Bertz CT molecular complexity index is 369. The molecule has 1 saturated carbocycles. The van der Waals surface area contributed by atoms with Crippen LogP contribution in [0.2, 0.25) is 0 Å². The van der Waals surface area contributed by atoms with E-state index in [1.165, 1.54) is 18.4 Å². The highest BCUT2D eigenvalue weighted by Gasteiger charge is 2.30. The van der Waals surface area contributed by atoms with Crippen LogP contribution in [-0.2, 0) is 0 Å². The van der Waals surface area contributed by atoms with E-state index in [9.17, 15) is 4.39 Å². The minimum atomic E-state index is -0.146. The van der Waals surface area contributed by atoms with E-state index >= 15 is 0 Å². The second-order valence-electron chi connectivity index (χ2n) is 5.75. The summed E-state index contributed by atoms with van der Waals surface area (Å²) in [7, 11) is 4.19. The lowest BCUT2D eigenvalue weighted by Crippen LogP contribution is -2.47. The number of hydrogen-bond donors (Lipinski definition) is 1. The van der Waals surface area contributed by atoms with Gasteiger partial charge in [-0.2, -0.15) is 0 Å². The molecule has 1 unspecified atom stereocenters. The Balaban J connectivity index is 1.75. The molecule has 0 aromatic heterocycles. The molecule has 2 rings (SSSR count). The number of rotatable bonds is 5. The molecule has 1 N–H and O–H groups in total. The normalized spacial score (nSPS) is 24.9. The van der Waals surface area contributed by atoms with Crippen molar-refractivity contribution in [2.24, 2.45) is 0 Å². The fourth-order valence-corrected chi connectivity index (χ4v) is 2.76. The maximum Gasteiger partial charge on any atom is 0.123 e. The van der Waals surface area contributed by atoms with Crippen molar-refractivity contribution in [2.45, 2.75) is 37.8 Å². The molecule has 0 heterocycles. The predicted molar refractivity (Wildman–Crippen MR) is 73.3 cm³/mol. The van der Waals surface area contributed by atoms with Crippen molar-refractivity contribution in [3.8, 4) is 0 Å². The van der Waals surface area contributed by atoms with Crippen molar-refractivity contribution in [1.29, 1.82) is 0 Å². The predicted octanol–water partition coefficient (Wildman–Crippen LogP) is 2.61. The average molecular weight is 250 g/mol. The van der Waals surface area contributed by atoms with Gasteiger partial charge in [-0.05, 0) is 57.5 Å². The first kappa shape index (κ1) is 13.5. The molecule has 0 aliphatic heterocycles. The van der Waals surface area contributed by atoms with Crippen LogP contribution in [-0.4, -0.2) is 37.6 Å². The lowest BCUT2D eigenvalue weighted by atomic mass is 9.75. The zero-order valence-corrected chi connectivity index (χ0v) is 11.5. The molecular weight excluding hydrogens is 227 g/mol. The van der Waals surface area contributed by atoms with Gasteiger partial charge in [0.2, 0.25) is 0 Å². The van der Waals surface area contributed by atoms with Gasteiger partial charge >= 0.3 is 0 Å². The topological polar surface area (TPSA) is 15.3 Å². The van der Waals surface area contributed by atoms with E-state index in [2.05, 4.69) is 31.2 Å². The Kier molecular flexibility index (Phi) is 4.36. The number of hydrogen-bond acceptors (Lipinski definition) is 2. The molecule has 0 saturated heterocycles. The number of benzene rings is 1. The second kappa shape index (κ2) is 5.81. The van der Waals surface area contributed by atoms with Gasteiger partial charge in [0.15, 0.2) is 0 Å². The van der Waals surface area contributed by atoms with Crippen LogP contribution in [0, 0.1) is 5.82 Å². The first-order valence-electron chi connectivity index (χ1n) is 6.71. The third-order valence-corrected chi connectivity index (χ3v) is 3.64. The molecule has 18 heavy (non-hydrogen) atoms. The molecule has 1 fully saturated rings. The number of nitrogens with one attached hydrogen (secondary N) is 1. The van der Waals surface area contributed by atoms with Gasteiger partial charge in [-0.3, -0.25) is 0 Å². The Morgan fingerprint density at radius 1 is 1.28 bits per heavy atom. The van der Waals surface area contributed by atoms with Crippen LogP contribution >= 0.6 is 0 Å². The van der Waals surface area contributed by atoms with E-state index in [-0.39, 0.29) is 5.82 Å². The molecule has 2 nitrogen and oxygen atoms in total. The smallest absolute Gasteiger partial charge is 0.123 e. The highest BCUT2D eigenvalue weighted by atomic mass is 19.1. The van der Waals surface area contributed by atoms with Crippen LogP contribution in [0.3, 0.4) is 0 Å². The third-order valence-electron chi connectivity index (χ3n) is 3.64. The lowest BCUT2D eigenvalue weighted by Gasteiger charge is -2.38. The van der Waals surface area contributed by atoms with Crippen LogP contribution in [0.1, 0.15) is 31.2 Å². The quantitative estimate of drug-likeness (QED) is 0.864. The molecule has 3 heteroatoms. The molecular formula is C15H23FN2. The minimum absolute atomic E-state index is 0.146. The van der Waals surface area contributed by atoms with Crippen molar-refractivity contribution >= 4 is 0 Å². The Labute approximate surface area is 109 Å². The molecule has 1 aromatic rings. The van der Waals surface area contributed by atoms with Crippen LogP contribution in [0.25, 0.3) is 0 Å². The highest BCUT2D eigenvalue weighted by Crippen LogP contribution is 2.36. The first-order valence-corrected chi connectivity index (χ1v) is 6.71. The largest absolute Gasteiger partial charge is 0.310 e.